The maximum atomic E-state index is 12.4. The molecule has 0 fully saturated rings. The number of hydrogen-bond donors (Lipinski definition) is 0. The Balaban J connectivity index is 3.45. The summed E-state index contributed by atoms with van der Waals surface area (Å²) in [7, 11) is 0. The first kappa shape index (κ1) is 12.2. The SMILES string of the molecule is FC1=C(C(F)F)C(F)(F)C(F)(F)C1(F)F. The summed E-state index contributed by atoms with van der Waals surface area (Å²) in [6, 6.07) is 0. The van der Waals surface area contributed by atoms with Gasteiger partial charge in [0.1, 0.15) is 5.57 Å². The van der Waals surface area contributed by atoms with E-state index >= 15 is 0 Å². The Morgan fingerprint density at radius 1 is 0.800 bits per heavy atom. The zero-order chi connectivity index (χ0) is 12.2. The molecule has 0 bridgehead atoms. The maximum Gasteiger partial charge on any atom is 0.383 e. The fourth-order valence-electron chi connectivity index (χ4n) is 1.04. The van der Waals surface area contributed by atoms with Crippen molar-refractivity contribution in [1.82, 2.24) is 0 Å². The largest absolute Gasteiger partial charge is 0.383 e. The molecular weight excluding hydrogens is 243 g/mol. The van der Waals surface area contributed by atoms with Gasteiger partial charge in [-0.25, -0.2) is 13.2 Å². The van der Waals surface area contributed by atoms with Crippen molar-refractivity contribution in [2.75, 3.05) is 0 Å². The minimum Gasteiger partial charge on any atom is -0.205 e. The van der Waals surface area contributed by atoms with E-state index in [1.54, 1.807) is 0 Å². The van der Waals surface area contributed by atoms with Crippen molar-refractivity contribution < 1.29 is 39.5 Å². The Kier molecular flexibility index (Phi) is 2.29. The van der Waals surface area contributed by atoms with Crippen molar-refractivity contribution in [2.24, 2.45) is 0 Å². The van der Waals surface area contributed by atoms with Crippen LogP contribution in [0, 0.1) is 0 Å². The lowest BCUT2D eigenvalue weighted by Gasteiger charge is -2.24. The minimum atomic E-state index is -6.18. The van der Waals surface area contributed by atoms with Gasteiger partial charge in [-0.1, -0.05) is 0 Å². The molecule has 0 saturated carbocycles. The maximum absolute atomic E-state index is 12.4. The minimum absolute atomic E-state index is 3.16. The first-order valence-electron chi connectivity index (χ1n) is 3.30. The summed E-state index contributed by atoms with van der Waals surface area (Å²) in [6.45, 7) is 0. The van der Waals surface area contributed by atoms with Crippen LogP contribution >= 0.6 is 0 Å². The zero-order valence-electron chi connectivity index (χ0n) is 6.48. The summed E-state index contributed by atoms with van der Waals surface area (Å²) in [4.78, 5) is 0. The standard InChI is InChI=1S/C6HF9/c7-2-1(3(8)9)4(10,11)6(14,15)5(2,12)13/h3H. The predicted octanol–water partition coefficient (Wildman–Crippen LogP) is 3.39. The molecule has 0 saturated heterocycles. The summed E-state index contributed by atoms with van der Waals surface area (Å²) in [5.41, 5.74) is -3.16. The third-order valence-corrected chi connectivity index (χ3v) is 1.86. The number of halogens is 9. The van der Waals surface area contributed by atoms with Crippen LogP contribution in [0.5, 0.6) is 0 Å². The molecule has 0 atom stereocenters. The van der Waals surface area contributed by atoms with Crippen LogP contribution < -0.4 is 0 Å². The molecule has 0 aromatic rings. The number of alkyl halides is 8. The van der Waals surface area contributed by atoms with Gasteiger partial charge in [0.05, 0.1) is 0 Å². The van der Waals surface area contributed by atoms with Crippen molar-refractivity contribution in [1.29, 1.82) is 0 Å². The fourth-order valence-corrected chi connectivity index (χ4v) is 1.04. The molecular formula is C6HF9. The van der Waals surface area contributed by atoms with Crippen molar-refractivity contribution in [2.45, 2.75) is 24.2 Å². The third kappa shape index (κ3) is 1.18. The highest BCUT2D eigenvalue weighted by atomic mass is 19.4. The lowest BCUT2D eigenvalue weighted by molar-refractivity contribution is -0.270. The van der Waals surface area contributed by atoms with Crippen molar-refractivity contribution in [3.63, 3.8) is 0 Å². The summed E-state index contributed by atoms with van der Waals surface area (Å²) in [5.74, 6) is -21.5. The molecule has 0 N–H and O–H groups in total. The fraction of sp³-hybridized carbons (Fsp3) is 0.667. The molecule has 15 heavy (non-hydrogen) atoms. The molecule has 0 heterocycles. The van der Waals surface area contributed by atoms with Gasteiger partial charge in [-0.05, 0) is 0 Å². The smallest absolute Gasteiger partial charge is 0.205 e. The van der Waals surface area contributed by atoms with Gasteiger partial charge in [-0.2, -0.15) is 26.3 Å². The molecule has 0 aliphatic heterocycles. The van der Waals surface area contributed by atoms with E-state index in [-0.39, 0.29) is 0 Å². The van der Waals surface area contributed by atoms with Crippen LogP contribution in [0.4, 0.5) is 39.5 Å². The van der Waals surface area contributed by atoms with Gasteiger partial charge in [0.25, 0.3) is 6.43 Å². The van der Waals surface area contributed by atoms with Crippen LogP contribution in [0.3, 0.4) is 0 Å². The molecule has 0 aromatic carbocycles. The van der Waals surface area contributed by atoms with Crippen LogP contribution in [0.2, 0.25) is 0 Å². The van der Waals surface area contributed by atoms with Gasteiger partial charge < -0.3 is 0 Å². The van der Waals surface area contributed by atoms with E-state index < -0.39 is 35.6 Å². The first-order valence-corrected chi connectivity index (χ1v) is 3.30. The Morgan fingerprint density at radius 3 is 1.33 bits per heavy atom. The van der Waals surface area contributed by atoms with Crippen molar-refractivity contribution in [3.05, 3.63) is 11.4 Å². The van der Waals surface area contributed by atoms with Gasteiger partial charge >= 0.3 is 17.8 Å². The van der Waals surface area contributed by atoms with E-state index in [1.807, 2.05) is 0 Å². The lowest BCUT2D eigenvalue weighted by Crippen LogP contribution is -2.49. The highest BCUT2D eigenvalue weighted by Crippen LogP contribution is 2.60. The second-order valence-electron chi connectivity index (χ2n) is 2.75. The lowest BCUT2D eigenvalue weighted by atomic mass is 10.1. The van der Waals surface area contributed by atoms with E-state index in [4.69, 9.17) is 0 Å². The number of hydrogen-bond acceptors (Lipinski definition) is 0. The molecule has 1 rings (SSSR count). The highest BCUT2D eigenvalue weighted by molar-refractivity contribution is 5.38. The van der Waals surface area contributed by atoms with Gasteiger partial charge in [-0.3, -0.25) is 0 Å². The Bertz CT molecular complexity index is 313. The molecule has 0 unspecified atom stereocenters. The quantitative estimate of drug-likeness (QED) is 0.620. The van der Waals surface area contributed by atoms with Gasteiger partial charge in [0, 0.05) is 0 Å². The second kappa shape index (κ2) is 2.82. The molecule has 0 aromatic heterocycles. The summed E-state index contributed by atoms with van der Waals surface area (Å²) in [5, 5.41) is 0. The van der Waals surface area contributed by atoms with Gasteiger partial charge in [0.2, 0.25) is 0 Å². The summed E-state index contributed by atoms with van der Waals surface area (Å²) < 4.78 is 109. The van der Waals surface area contributed by atoms with Crippen LogP contribution in [0.15, 0.2) is 11.4 Å². The van der Waals surface area contributed by atoms with Crippen molar-refractivity contribution >= 4 is 0 Å². The number of rotatable bonds is 1. The molecule has 9 heteroatoms. The van der Waals surface area contributed by atoms with Crippen LogP contribution in [-0.2, 0) is 0 Å². The van der Waals surface area contributed by atoms with E-state index in [0.717, 1.165) is 0 Å². The molecule has 0 radical (unpaired) electrons. The zero-order valence-corrected chi connectivity index (χ0v) is 6.48. The molecule has 0 spiro atoms. The first-order chi connectivity index (χ1) is 6.48. The Morgan fingerprint density at radius 2 is 1.20 bits per heavy atom. The Hall–Kier alpha value is -0.890. The summed E-state index contributed by atoms with van der Waals surface area (Å²) >= 11 is 0. The topological polar surface area (TPSA) is 0 Å². The summed E-state index contributed by atoms with van der Waals surface area (Å²) in [6.07, 6.45) is -4.42. The van der Waals surface area contributed by atoms with E-state index in [9.17, 15) is 39.5 Å². The highest BCUT2D eigenvalue weighted by Gasteiger charge is 2.82. The second-order valence-corrected chi connectivity index (χ2v) is 2.75. The van der Waals surface area contributed by atoms with Crippen LogP contribution in [-0.4, -0.2) is 24.2 Å². The molecule has 1 aliphatic carbocycles. The predicted molar refractivity (Wildman–Crippen MR) is 29.0 cm³/mol. The van der Waals surface area contributed by atoms with Crippen LogP contribution in [0.25, 0.3) is 0 Å². The number of allylic oxidation sites excluding steroid dienone is 2. The van der Waals surface area contributed by atoms with E-state index in [0.29, 0.717) is 0 Å². The van der Waals surface area contributed by atoms with Gasteiger partial charge in [0.15, 0.2) is 5.83 Å². The third-order valence-electron chi connectivity index (χ3n) is 1.86. The average Bonchev–Trinajstić information content (AvgIpc) is 2.08. The van der Waals surface area contributed by atoms with Crippen LogP contribution in [0.1, 0.15) is 0 Å². The molecule has 0 amide bonds. The Labute approximate surface area is 76.4 Å². The monoisotopic (exact) mass is 244 g/mol. The van der Waals surface area contributed by atoms with Crippen molar-refractivity contribution in [3.8, 4) is 0 Å². The molecule has 1 aliphatic rings. The molecule has 0 nitrogen and oxygen atoms in total. The van der Waals surface area contributed by atoms with E-state index in [2.05, 4.69) is 0 Å². The van der Waals surface area contributed by atoms with E-state index in [1.165, 1.54) is 0 Å². The van der Waals surface area contributed by atoms with Gasteiger partial charge in [-0.15, -0.1) is 0 Å². The molecule has 88 valence electrons. The normalized spacial score (nSPS) is 27.6. The average molecular weight is 244 g/mol.